The summed E-state index contributed by atoms with van der Waals surface area (Å²) in [5.41, 5.74) is 3.87. The van der Waals surface area contributed by atoms with Crippen molar-refractivity contribution in [3.63, 3.8) is 0 Å². The van der Waals surface area contributed by atoms with Gasteiger partial charge in [0.1, 0.15) is 29.5 Å². The number of nitrogens with zero attached hydrogens (tertiary/aromatic N) is 8. The Hall–Kier alpha value is -4.47. The SMILES string of the molecule is Cc1ccc(CN2CCN(c3ncccc3C#N)CC2)cc1C(=O)N1CCN(c2cccc(C#N)n2)CC1. The number of anilines is 2. The van der Waals surface area contributed by atoms with E-state index in [0.29, 0.717) is 37.4 Å². The van der Waals surface area contributed by atoms with Crippen LogP contribution in [-0.2, 0) is 6.54 Å². The number of pyridine rings is 2. The van der Waals surface area contributed by atoms with E-state index in [1.807, 2.05) is 42.2 Å². The van der Waals surface area contributed by atoms with Gasteiger partial charge in [-0.2, -0.15) is 10.5 Å². The Kier molecular flexibility index (Phi) is 7.48. The number of carbonyl (C=O) groups is 1. The van der Waals surface area contributed by atoms with E-state index in [1.54, 1.807) is 18.3 Å². The van der Waals surface area contributed by atoms with Crippen LogP contribution in [0.15, 0.2) is 54.7 Å². The number of hydrogen-bond donors (Lipinski definition) is 0. The number of nitriles is 2. The number of amides is 1. The number of carbonyl (C=O) groups excluding carboxylic acids is 1. The summed E-state index contributed by atoms with van der Waals surface area (Å²) in [6, 6.07) is 19.6. The zero-order valence-electron chi connectivity index (χ0n) is 21.5. The van der Waals surface area contributed by atoms with E-state index in [1.165, 1.54) is 0 Å². The molecule has 192 valence electrons. The molecule has 0 saturated carbocycles. The van der Waals surface area contributed by atoms with Gasteiger partial charge in [-0.25, -0.2) is 9.97 Å². The highest BCUT2D eigenvalue weighted by Gasteiger charge is 2.25. The minimum absolute atomic E-state index is 0.0618. The summed E-state index contributed by atoms with van der Waals surface area (Å²) in [7, 11) is 0. The van der Waals surface area contributed by atoms with E-state index in [4.69, 9.17) is 5.26 Å². The van der Waals surface area contributed by atoms with Crippen molar-refractivity contribution < 1.29 is 4.79 Å². The van der Waals surface area contributed by atoms with Gasteiger partial charge >= 0.3 is 0 Å². The predicted octanol–water partition coefficient (Wildman–Crippen LogP) is 2.81. The molecule has 2 saturated heterocycles. The first-order chi connectivity index (χ1) is 18.6. The van der Waals surface area contributed by atoms with Crippen molar-refractivity contribution in [2.45, 2.75) is 13.5 Å². The highest BCUT2D eigenvalue weighted by atomic mass is 16.2. The highest BCUT2D eigenvalue weighted by Crippen LogP contribution is 2.21. The summed E-state index contributed by atoms with van der Waals surface area (Å²) in [6.07, 6.45) is 1.73. The van der Waals surface area contributed by atoms with Crippen molar-refractivity contribution in [2.24, 2.45) is 0 Å². The summed E-state index contributed by atoms with van der Waals surface area (Å²) in [6.45, 7) is 8.69. The average molecular weight is 507 g/mol. The fourth-order valence-electron chi connectivity index (χ4n) is 5.08. The highest BCUT2D eigenvalue weighted by molar-refractivity contribution is 5.96. The zero-order chi connectivity index (χ0) is 26.5. The lowest BCUT2D eigenvalue weighted by Crippen LogP contribution is -2.49. The third-order valence-electron chi connectivity index (χ3n) is 7.26. The van der Waals surface area contributed by atoms with E-state index in [0.717, 1.165) is 61.0 Å². The topological polar surface area (TPSA) is 103 Å². The van der Waals surface area contributed by atoms with Crippen LogP contribution in [-0.4, -0.2) is 78.0 Å². The third kappa shape index (κ3) is 5.44. The van der Waals surface area contributed by atoms with Gasteiger partial charge in [0.2, 0.25) is 0 Å². The number of aromatic nitrogens is 2. The molecule has 2 aliphatic rings. The van der Waals surface area contributed by atoms with Crippen LogP contribution in [0.25, 0.3) is 0 Å². The van der Waals surface area contributed by atoms with Crippen molar-refractivity contribution in [1.82, 2.24) is 19.8 Å². The number of piperazine rings is 2. The normalized spacial score (nSPS) is 16.1. The van der Waals surface area contributed by atoms with Crippen molar-refractivity contribution >= 4 is 17.5 Å². The van der Waals surface area contributed by atoms with Crippen LogP contribution in [0.2, 0.25) is 0 Å². The van der Waals surface area contributed by atoms with Crippen molar-refractivity contribution in [3.8, 4) is 12.1 Å². The Morgan fingerprint density at radius 3 is 2.39 bits per heavy atom. The number of aryl methyl sites for hydroxylation is 1. The molecule has 0 aliphatic carbocycles. The number of benzene rings is 1. The van der Waals surface area contributed by atoms with Gasteiger partial charge in [0.05, 0.1) is 5.56 Å². The van der Waals surface area contributed by atoms with Gasteiger partial charge in [0.25, 0.3) is 5.91 Å². The molecular weight excluding hydrogens is 476 g/mol. The maximum Gasteiger partial charge on any atom is 0.254 e. The van der Waals surface area contributed by atoms with Crippen LogP contribution in [0.1, 0.15) is 32.7 Å². The van der Waals surface area contributed by atoms with E-state index in [-0.39, 0.29) is 5.91 Å². The second-order valence-electron chi connectivity index (χ2n) is 9.67. The molecule has 3 aromatic rings. The fourth-order valence-corrected chi connectivity index (χ4v) is 5.08. The number of rotatable bonds is 5. The Morgan fingerprint density at radius 2 is 1.66 bits per heavy atom. The molecule has 1 aromatic carbocycles. The Morgan fingerprint density at radius 1 is 0.895 bits per heavy atom. The Balaban J connectivity index is 1.19. The Labute approximate surface area is 223 Å². The van der Waals surface area contributed by atoms with Gasteiger partial charge in [0.15, 0.2) is 0 Å². The molecule has 1 amide bonds. The molecule has 0 bridgehead atoms. The maximum absolute atomic E-state index is 13.5. The molecule has 9 heteroatoms. The molecule has 2 aliphatic heterocycles. The minimum atomic E-state index is 0.0618. The van der Waals surface area contributed by atoms with Crippen molar-refractivity contribution in [2.75, 3.05) is 62.2 Å². The molecule has 38 heavy (non-hydrogen) atoms. The molecule has 0 spiro atoms. The quantitative estimate of drug-likeness (QED) is 0.521. The summed E-state index contributed by atoms with van der Waals surface area (Å²) >= 11 is 0. The molecular formula is C29H30N8O. The molecule has 0 unspecified atom stereocenters. The van der Waals surface area contributed by atoms with Gasteiger partial charge in [-0.15, -0.1) is 0 Å². The molecule has 4 heterocycles. The lowest BCUT2D eigenvalue weighted by molar-refractivity contribution is 0.0745. The third-order valence-corrected chi connectivity index (χ3v) is 7.26. The van der Waals surface area contributed by atoms with E-state index >= 15 is 0 Å². The van der Waals surface area contributed by atoms with E-state index in [2.05, 4.69) is 42.9 Å². The first-order valence-electron chi connectivity index (χ1n) is 12.9. The molecule has 0 atom stereocenters. The molecule has 0 N–H and O–H groups in total. The summed E-state index contributed by atoms with van der Waals surface area (Å²) in [5.74, 6) is 1.60. The van der Waals surface area contributed by atoms with Crippen LogP contribution in [0, 0.1) is 29.6 Å². The second kappa shape index (κ2) is 11.3. The summed E-state index contributed by atoms with van der Waals surface area (Å²) < 4.78 is 0. The largest absolute Gasteiger partial charge is 0.353 e. The van der Waals surface area contributed by atoms with Crippen molar-refractivity contribution in [1.29, 1.82) is 10.5 Å². The second-order valence-corrected chi connectivity index (χ2v) is 9.67. The average Bonchev–Trinajstić information content (AvgIpc) is 2.98. The summed E-state index contributed by atoms with van der Waals surface area (Å²) in [4.78, 5) is 30.9. The van der Waals surface area contributed by atoms with Gasteiger partial charge in [-0.3, -0.25) is 9.69 Å². The van der Waals surface area contributed by atoms with Crippen LogP contribution in [0.4, 0.5) is 11.6 Å². The van der Waals surface area contributed by atoms with Gasteiger partial charge in [-0.05, 0) is 48.4 Å². The van der Waals surface area contributed by atoms with Gasteiger partial charge in [-0.1, -0.05) is 18.2 Å². The van der Waals surface area contributed by atoms with E-state index in [9.17, 15) is 10.1 Å². The van der Waals surface area contributed by atoms with Crippen LogP contribution >= 0.6 is 0 Å². The van der Waals surface area contributed by atoms with Crippen molar-refractivity contribution in [3.05, 3.63) is 82.7 Å². The lowest BCUT2D eigenvalue weighted by Gasteiger charge is -2.36. The first kappa shape index (κ1) is 25.2. The van der Waals surface area contributed by atoms with Gasteiger partial charge in [0, 0.05) is 70.7 Å². The predicted molar refractivity (Wildman–Crippen MR) is 145 cm³/mol. The minimum Gasteiger partial charge on any atom is -0.353 e. The maximum atomic E-state index is 13.5. The molecule has 9 nitrogen and oxygen atoms in total. The molecule has 5 rings (SSSR count). The molecule has 2 fully saturated rings. The monoisotopic (exact) mass is 506 g/mol. The van der Waals surface area contributed by atoms with E-state index < -0.39 is 0 Å². The lowest BCUT2D eigenvalue weighted by atomic mass is 10.0. The smallest absolute Gasteiger partial charge is 0.254 e. The van der Waals surface area contributed by atoms with Crippen LogP contribution in [0.5, 0.6) is 0 Å². The first-order valence-corrected chi connectivity index (χ1v) is 12.9. The fraction of sp³-hybridized carbons (Fsp3) is 0.345. The molecule has 2 aromatic heterocycles. The number of hydrogen-bond acceptors (Lipinski definition) is 8. The standard InChI is InChI=1S/C29H30N8O/c1-22-7-8-23(21-34-10-12-36(13-11-34)28-24(19-30)4-3-9-32-28)18-26(22)29(38)37-16-14-35(15-17-37)27-6-2-5-25(20-31)33-27/h2-9,18H,10-17,21H2,1H3. The molecule has 0 radical (unpaired) electrons. The zero-order valence-corrected chi connectivity index (χ0v) is 21.5. The van der Waals surface area contributed by atoms with Crippen LogP contribution < -0.4 is 9.80 Å². The van der Waals surface area contributed by atoms with Gasteiger partial charge < -0.3 is 14.7 Å². The summed E-state index contributed by atoms with van der Waals surface area (Å²) in [5, 5.41) is 18.5. The Bertz CT molecular complexity index is 1390. The van der Waals surface area contributed by atoms with Crippen LogP contribution in [0.3, 0.4) is 0 Å².